The van der Waals surface area contributed by atoms with E-state index in [1.165, 1.54) is 4.31 Å². The number of nitrogens with two attached hydrogens (primary N) is 1. The maximum Gasteiger partial charge on any atom is 0.218 e. The Labute approximate surface area is 114 Å². The topological polar surface area (TPSA) is 83.6 Å². The number of hydrogen-bond donors (Lipinski definition) is 2. The van der Waals surface area contributed by atoms with Crippen LogP contribution in [0.1, 0.15) is 25.3 Å². The summed E-state index contributed by atoms with van der Waals surface area (Å²) in [7, 11) is -3.41. The minimum absolute atomic E-state index is 0.0753. The predicted molar refractivity (Wildman–Crippen MR) is 74.9 cm³/mol. The van der Waals surface area contributed by atoms with Crippen molar-refractivity contribution < 1.29 is 13.5 Å². The molecule has 1 aliphatic heterocycles. The first kappa shape index (κ1) is 14.3. The minimum Gasteiger partial charge on any atom is -0.399 e. The molecule has 0 aliphatic carbocycles. The Morgan fingerprint density at radius 3 is 2.84 bits per heavy atom. The van der Waals surface area contributed by atoms with Gasteiger partial charge in [0.15, 0.2) is 0 Å². The highest BCUT2D eigenvalue weighted by atomic mass is 32.2. The Bertz CT molecular complexity index is 555. The summed E-state index contributed by atoms with van der Waals surface area (Å²) in [5.74, 6) is -0.0753. The number of nitrogens with zero attached hydrogens (tertiary/aromatic N) is 1. The molecule has 1 atom stereocenters. The first-order valence-corrected chi connectivity index (χ1v) is 7.94. The fourth-order valence-electron chi connectivity index (χ4n) is 2.40. The van der Waals surface area contributed by atoms with Crippen molar-refractivity contribution >= 4 is 15.7 Å². The van der Waals surface area contributed by atoms with E-state index in [-0.39, 0.29) is 12.3 Å². The zero-order valence-electron chi connectivity index (χ0n) is 11.0. The van der Waals surface area contributed by atoms with Gasteiger partial charge >= 0.3 is 0 Å². The summed E-state index contributed by atoms with van der Waals surface area (Å²) in [6.45, 7) is 2.31. The third kappa shape index (κ3) is 3.68. The number of piperidine rings is 1. The van der Waals surface area contributed by atoms with Crippen molar-refractivity contribution in [2.75, 3.05) is 18.8 Å². The fourth-order valence-corrected chi connectivity index (χ4v) is 4.06. The van der Waals surface area contributed by atoms with Gasteiger partial charge in [-0.05, 0) is 37.5 Å². The molecule has 1 heterocycles. The van der Waals surface area contributed by atoms with E-state index < -0.39 is 15.6 Å². The lowest BCUT2D eigenvalue weighted by Gasteiger charge is -2.36. The standard InChI is InChI=1S/C13H20N2O3S/c1-13(16)6-3-7-15(10-13)19(17,18)9-11-4-2-5-12(14)8-11/h2,4-5,8,16H,3,6-7,9-10,14H2,1H3. The van der Waals surface area contributed by atoms with Gasteiger partial charge in [-0.3, -0.25) is 0 Å². The summed E-state index contributed by atoms with van der Waals surface area (Å²) >= 11 is 0. The third-order valence-corrected chi connectivity index (χ3v) is 5.13. The van der Waals surface area contributed by atoms with Crippen molar-refractivity contribution in [1.29, 1.82) is 0 Å². The molecule has 1 aromatic rings. The molecule has 1 aromatic carbocycles. The first-order chi connectivity index (χ1) is 8.78. The average Bonchev–Trinajstić information content (AvgIpc) is 2.27. The Balaban J connectivity index is 2.14. The van der Waals surface area contributed by atoms with E-state index >= 15 is 0 Å². The number of hydrogen-bond acceptors (Lipinski definition) is 4. The Morgan fingerprint density at radius 2 is 2.21 bits per heavy atom. The van der Waals surface area contributed by atoms with E-state index in [4.69, 9.17) is 5.73 Å². The van der Waals surface area contributed by atoms with Crippen LogP contribution in [0.5, 0.6) is 0 Å². The van der Waals surface area contributed by atoms with Gasteiger partial charge in [0.25, 0.3) is 0 Å². The van der Waals surface area contributed by atoms with Crippen LogP contribution in [0.25, 0.3) is 0 Å². The van der Waals surface area contributed by atoms with Gasteiger partial charge in [0.05, 0.1) is 11.4 Å². The van der Waals surface area contributed by atoms with E-state index in [9.17, 15) is 13.5 Å². The maximum atomic E-state index is 12.3. The van der Waals surface area contributed by atoms with Gasteiger partial charge in [-0.25, -0.2) is 8.42 Å². The summed E-state index contributed by atoms with van der Waals surface area (Å²) in [6.07, 6.45) is 1.32. The highest BCUT2D eigenvalue weighted by Crippen LogP contribution is 2.24. The SMILES string of the molecule is CC1(O)CCCN(S(=O)(=O)Cc2cccc(N)c2)C1. The van der Waals surface area contributed by atoms with Crippen molar-refractivity contribution in [3.63, 3.8) is 0 Å². The smallest absolute Gasteiger partial charge is 0.218 e. The number of sulfonamides is 1. The summed E-state index contributed by atoms with van der Waals surface area (Å²) in [6, 6.07) is 6.88. The molecule has 1 unspecified atom stereocenters. The predicted octanol–water partition coefficient (Wildman–Crippen LogP) is 0.945. The lowest BCUT2D eigenvalue weighted by molar-refractivity contribution is 0.00935. The molecule has 0 amide bonds. The molecule has 2 rings (SSSR count). The summed E-state index contributed by atoms with van der Waals surface area (Å²) < 4.78 is 26.0. The highest BCUT2D eigenvalue weighted by Gasteiger charge is 2.34. The molecule has 19 heavy (non-hydrogen) atoms. The Morgan fingerprint density at radius 1 is 1.47 bits per heavy atom. The first-order valence-electron chi connectivity index (χ1n) is 6.33. The number of benzene rings is 1. The second kappa shape index (κ2) is 5.11. The van der Waals surface area contributed by atoms with Crippen LogP contribution >= 0.6 is 0 Å². The van der Waals surface area contributed by atoms with Crippen molar-refractivity contribution in [1.82, 2.24) is 4.31 Å². The number of anilines is 1. The normalized spacial score (nSPS) is 25.4. The monoisotopic (exact) mass is 284 g/mol. The number of aliphatic hydroxyl groups is 1. The second-order valence-corrected chi connectivity index (χ2v) is 7.40. The molecule has 0 radical (unpaired) electrons. The number of nitrogen functional groups attached to an aromatic ring is 1. The molecule has 1 fully saturated rings. The van der Waals surface area contributed by atoms with Crippen LogP contribution in [0.4, 0.5) is 5.69 Å². The Kier molecular flexibility index (Phi) is 3.85. The van der Waals surface area contributed by atoms with E-state index in [1.807, 2.05) is 0 Å². The summed E-state index contributed by atoms with van der Waals surface area (Å²) in [4.78, 5) is 0. The van der Waals surface area contributed by atoms with Gasteiger partial charge in [-0.1, -0.05) is 12.1 Å². The molecular weight excluding hydrogens is 264 g/mol. The second-order valence-electron chi connectivity index (χ2n) is 5.44. The molecular formula is C13H20N2O3S. The van der Waals surface area contributed by atoms with Crippen LogP contribution in [0.3, 0.4) is 0 Å². The van der Waals surface area contributed by atoms with Crippen molar-refractivity contribution in [2.45, 2.75) is 31.1 Å². The third-order valence-electron chi connectivity index (χ3n) is 3.33. The van der Waals surface area contributed by atoms with E-state index in [0.717, 1.165) is 0 Å². The van der Waals surface area contributed by atoms with Crippen molar-refractivity contribution in [2.24, 2.45) is 0 Å². The number of β-amino-alcohol motifs (C(OH)–C–C–N with tert-alkyl or cyclic N) is 1. The van der Waals surface area contributed by atoms with Gasteiger partial charge in [0.2, 0.25) is 10.0 Å². The van der Waals surface area contributed by atoms with Crippen LogP contribution < -0.4 is 5.73 Å². The van der Waals surface area contributed by atoms with Crippen molar-refractivity contribution in [3.05, 3.63) is 29.8 Å². The molecule has 0 bridgehead atoms. The molecule has 106 valence electrons. The van der Waals surface area contributed by atoms with E-state index in [2.05, 4.69) is 0 Å². The van der Waals surface area contributed by atoms with Gasteiger partial charge < -0.3 is 10.8 Å². The lowest BCUT2D eigenvalue weighted by atomic mass is 9.97. The van der Waals surface area contributed by atoms with E-state index in [1.54, 1.807) is 31.2 Å². The van der Waals surface area contributed by atoms with Crippen LogP contribution in [0, 0.1) is 0 Å². The molecule has 1 saturated heterocycles. The molecule has 5 nitrogen and oxygen atoms in total. The lowest BCUT2D eigenvalue weighted by Crippen LogP contribution is -2.48. The quantitative estimate of drug-likeness (QED) is 0.809. The molecule has 1 aliphatic rings. The number of rotatable bonds is 3. The molecule has 0 spiro atoms. The van der Waals surface area contributed by atoms with Gasteiger partial charge in [-0.15, -0.1) is 0 Å². The van der Waals surface area contributed by atoms with Gasteiger partial charge in [-0.2, -0.15) is 4.31 Å². The van der Waals surface area contributed by atoms with Crippen LogP contribution in [0.2, 0.25) is 0 Å². The Hall–Kier alpha value is -1.11. The summed E-state index contributed by atoms with van der Waals surface area (Å²) in [5, 5.41) is 9.99. The fraction of sp³-hybridized carbons (Fsp3) is 0.538. The zero-order chi connectivity index (χ0) is 14.1. The maximum absolute atomic E-state index is 12.3. The zero-order valence-corrected chi connectivity index (χ0v) is 11.9. The molecule has 3 N–H and O–H groups in total. The van der Waals surface area contributed by atoms with Crippen molar-refractivity contribution in [3.8, 4) is 0 Å². The average molecular weight is 284 g/mol. The summed E-state index contributed by atoms with van der Waals surface area (Å²) in [5.41, 5.74) is 5.95. The van der Waals surface area contributed by atoms with E-state index in [0.29, 0.717) is 30.6 Å². The molecule has 6 heteroatoms. The van der Waals surface area contributed by atoms with Crippen LogP contribution in [0.15, 0.2) is 24.3 Å². The highest BCUT2D eigenvalue weighted by molar-refractivity contribution is 7.88. The van der Waals surface area contributed by atoms with Gasteiger partial charge in [0.1, 0.15) is 0 Å². The minimum atomic E-state index is -3.41. The molecule has 0 saturated carbocycles. The largest absolute Gasteiger partial charge is 0.399 e. The van der Waals surface area contributed by atoms with Crippen LogP contribution in [-0.2, 0) is 15.8 Å². The van der Waals surface area contributed by atoms with Gasteiger partial charge in [0, 0.05) is 18.8 Å². The van der Waals surface area contributed by atoms with Crippen LogP contribution in [-0.4, -0.2) is 36.5 Å². The molecule has 0 aromatic heterocycles.